The van der Waals surface area contributed by atoms with Crippen molar-refractivity contribution in [3.63, 3.8) is 0 Å². The van der Waals surface area contributed by atoms with Crippen LogP contribution in [0.1, 0.15) is 27.1 Å². The average Bonchev–Trinajstić information content (AvgIpc) is 2.93. The molecule has 0 bridgehead atoms. The second kappa shape index (κ2) is 6.10. The van der Waals surface area contributed by atoms with Gasteiger partial charge in [0.15, 0.2) is 5.89 Å². The molecule has 108 valence electrons. The molecule has 0 atom stereocenters. The van der Waals surface area contributed by atoms with Gasteiger partial charge in [0.1, 0.15) is 5.01 Å². The Bertz CT molecular complexity index is 605. The van der Waals surface area contributed by atoms with Crippen molar-refractivity contribution in [1.29, 1.82) is 0 Å². The molecule has 0 aliphatic heterocycles. The second-order valence-electron chi connectivity index (χ2n) is 4.66. The van der Waals surface area contributed by atoms with Crippen molar-refractivity contribution in [1.82, 2.24) is 20.1 Å². The van der Waals surface area contributed by atoms with Crippen molar-refractivity contribution < 1.29 is 9.21 Å². The zero-order chi connectivity index (χ0) is 14.7. The van der Waals surface area contributed by atoms with Crippen molar-refractivity contribution in [3.05, 3.63) is 22.4 Å². The van der Waals surface area contributed by atoms with Crippen molar-refractivity contribution >= 4 is 22.4 Å². The van der Waals surface area contributed by atoms with Crippen LogP contribution in [0, 0.1) is 13.8 Å². The highest BCUT2D eigenvalue weighted by molar-refractivity contribution is 7.15. The number of aromatic nitrogens is 3. The van der Waals surface area contributed by atoms with Gasteiger partial charge >= 0.3 is 0 Å². The zero-order valence-corrected chi connectivity index (χ0v) is 12.7. The fourth-order valence-corrected chi connectivity index (χ4v) is 2.34. The van der Waals surface area contributed by atoms with Gasteiger partial charge in [-0.1, -0.05) is 11.3 Å². The molecule has 2 aromatic heterocycles. The SMILES string of the molecule is Cc1nc(C)c(C(=O)Nc2nnc(CCN(C)C)s2)o1. The van der Waals surface area contributed by atoms with Crippen LogP contribution in [0.5, 0.6) is 0 Å². The maximum absolute atomic E-state index is 12.0. The van der Waals surface area contributed by atoms with Crippen LogP contribution in [0.4, 0.5) is 5.13 Å². The number of likely N-dealkylation sites (N-methyl/N-ethyl adjacent to an activating group) is 1. The summed E-state index contributed by atoms with van der Waals surface area (Å²) in [5, 5.41) is 12.0. The van der Waals surface area contributed by atoms with Crippen LogP contribution in [-0.4, -0.2) is 46.6 Å². The lowest BCUT2D eigenvalue weighted by Crippen LogP contribution is -2.14. The first-order valence-corrected chi connectivity index (χ1v) is 7.00. The fraction of sp³-hybridized carbons (Fsp3) is 0.500. The highest BCUT2D eigenvalue weighted by atomic mass is 32.1. The minimum atomic E-state index is -0.349. The molecule has 0 spiro atoms. The highest BCUT2D eigenvalue weighted by Gasteiger charge is 2.17. The molecular formula is C12H17N5O2S. The molecule has 0 fully saturated rings. The zero-order valence-electron chi connectivity index (χ0n) is 11.9. The summed E-state index contributed by atoms with van der Waals surface area (Å²) in [7, 11) is 4.00. The van der Waals surface area contributed by atoms with Crippen LogP contribution in [0.2, 0.25) is 0 Å². The van der Waals surface area contributed by atoms with Crippen LogP contribution in [-0.2, 0) is 6.42 Å². The number of rotatable bonds is 5. The van der Waals surface area contributed by atoms with Gasteiger partial charge in [-0.25, -0.2) is 4.98 Å². The van der Waals surface area contributed by atoms with E-state index in [9.17, 15) is 4.79 Å². The standard InChI is InChI=1S/C12H17N5O2S/c1-7-10(19-8(2)13-7)11(18)14-12-16-15-9(20-12)5-6-17(3)4/h5-6H2,1-4H3,(H,14,16,18). The molecule has 2 rings (SSSR count). The van der Waals surface area contributed by atoms with Gasteiger partial charge in [0.2, 0.25) is 10.9 Å². The first-order valence-electron chi connectivity index (χ1n) is 6.18. The normalized spacial score (nSPS) is 11.1. The summed E-state index contributed by atoms with van der Waals surface area (Å²) in [5.74, 6) is 0.336. The van der Waals surface area contributed by atoms with E-state index in [0.717, 1.165) is 18.0 Å². The van der Waals surface area contributed by atoms with E-state index in [-0.39, 0.29) is 11.7 Å². The van der Waals surface area contributed by atoms with E-state index in [1.807, 2.05) is 14.1 Å². The van der Waals surface area contributed by atoms with E-state index < -0.39 is 0 Å². The molecule has 1 amide bonds. The molecule has 0 aromatic carbocycles. The monoisotopic (exact) mass is 295 g/mol. The number of aryl methyl sites for hydroxylation is 2. The Morgan fingerprint density at radius 2 is 2.10 bits per heavy atom. The van der Waals surface area contributed by atoms with Crippen LogP contribution in [0.15, 0.2) is 4.42 Å². The van der Waals surface area contributed by atoms with Crippen LogP contribution >= 0.6 is 11.3 Å². The fourth-order valence-electron chi connectivity index (χ4n) is 1.62. The van der Waals surface area contributed by atoms with Gasteiger partial charge in [0.25, 0.3) is 5.91 Å². The minimum Gasteiger partial charge on any atom is -0.436 e. The molecule has 0 unspecified atom stereocenters. The topological polar surface area (TPSA) is 84.2 Å². The van der Waals surface area contributed by atoms with E-state index in [1.54, 1.807) is 13.8 Å². The number of carbonyl (C=O) groups excluding carboxylic acids is 1. The van der Waals surface area contributed by atoms with E-state index in [0.29, 0.717) is 16.7 Å². The molecule has 1 N–H and O–H groups in total. The minimum absolute atomic E-state index is 0.215. The summed E-state index contributed by atoms with van der Waals surface area (Å²) in [6.07, 6.45) is 0.807. The Kier molecular flexibility index (Phi) is 4.46. The van der Waals surface area contributed by atoms with Gasteiger partial charge in [0.05, 0.1) is 5.69 Å². The van der Waals surface area contributed by atoms with E-state index in [1.165, 1.54) is 11.3 Å². The maximum atomic E-state index is 12.0. The molecular weight excluding hydrogens is 278 g/mol. The predicted octanol–water partition coefficient (Wildman–Crippen LogP) is 1.50. The third-order valence-electron chi connectivity index (χ3n) is 2.57. The van der Waals surface area contributed by atoms with Gasteiger partial charge in [0, 0.05) is 19.9 Å². The van der Waals surface area contributed by atoms with Crippen molar-refractivity contribution in [2.24, 2.45) is 0 Å². The number of hydrogen-bond donors (Lipinski definition) is 1. The molecule has 2 aromatic rings. The van der Waals surface area contributed by atoms with Crippen molar-refractivity contribution in [2.75, 3.05) is 26.0 Å². The summed E-state index contributed by atoms with van der Waals surface area (Å²) >= 11 is 1.37. The van der Waals surface area contributed by atoms with Gasteiger partial charge in [-0.3, -0.25) is 10.1 Å². The summed E-state index contributed by atoms with van der Waals surface area (Å²) in [4.78, 5) is 18.1. The molecule has 0 aliphatic rings. The lowest BCUT2D eigenvalue weighted by atomic mass is 10.3. The van der Waals surface area contributed by atoms with Crippen LogP contribution in [0.25, 0.3) is 0 Å². The Labute approximate surface area is 121 Å². The molecule has 0 saturated carbocycles. The number of amides is 1. The number of hydrogen-bond acceptors (Lipinski definition) is 7. The van der Waals surface area contributed by atoms with Gasteiger partial charge in [-0.2, -0.15) is 0 Å². The summed E-state index contributed by atoms with van der Waals surface area (Å²) < 4.78 is 5.26. The number of nitrogens with zero attached hydrogens (tertiary/aromatic N) is 4. The quantitative estimate of drug-likeness (QED) is 0.900. The first kappa shape index (κ1) is 14.6. The smallest absolute Gasteiger partial charge is 0.295 e. The molecule has 0 aliphatic carbocycles. The molecule has 7 nitrogen and oxygen atoms in total. The van der Waals surface area contributed by atoms with Gasteiger partial charge in [-0.05, 0) is 21.0 Å². The summed E-state index contributed by atoms with van der Waals surface area (Å²) in [6, 6.07) is 0. The first-order chi connectivity index (χ1) is 9.45. The second-order valence-corrected chi connectivity index (χ2v) is 5.72. The molecule has 8 heteroatoms. The van der Waals surface area contributed by atoms with Crippen molar-refractivity contribution in [2.45, 2.75) is 20.3 Å². The van der Waals surface area contributed by atoms with Crippen LogP contribution < -0.4 is 5.32 Å². The average molecular weight is 295 g/mol. The Morgan fingerprint density at radius 3 is 2.70 bits per heavy atom. The Hall–Kier alpha value is -1.80. The van der Waals surface area contributed by atoms with Gasteiger partial charge in [-0.15, -0.1) is 10.2 Å². The highest BCUT2D eigenvalue weighted by Crippen LogP contribution is 2.18. The number of nitrogens with one attached hydrogen (secondary N) is 1. The van der Waals surface area contributed by atoms with E-state index in [4.69, 9.17) is 4.42 Å². The van der Waals surface area contributed by atoms with E-state index >= 15 is 0 Å². The predicted molar refractivity (Wildman–Crippen MR) is 76.1 cm³/mol. The molecule has 0 radical (unpaired) electrons. The third-order valence-corrected chi connectivity index (χ3v) is 3.47. The van der Waals surface area contributed by atoms with E-state index in [2.05, 4.69) is 25.4 Å². The third kappa shape index (κ3) is 3.61. The molecule has 20 heavy (non-hydrogen) atoms. The Balaban J connectivity index is 2.00. The van der Waals surface area contributed by atoms with Crippen LogP contribution in [0.3, 0.4) is 0 Å². The van der Waals surface area contributed by atoms with Gasteiger partial charge < -0.3 is 9.32 Å². The molecule has 0 saturated heterocycles. The van der Waals surface area contributed by atoms with Crippen molar-refractivity contribution in [3.8, 4) is 0 Å². The molecule has 2 heterocycles. The Morgan fingerprint density at radius 1 is 1.35 bits per heavy atom. The largest absolute Gasteiger partial charge is 0.436 e. The summed E-state index contributed by atoms with van der Waals surface area (Å²) in [5.41, 5.74) is 0.567. The lowest BCUT2D eigenvalue weighted by Gasteiger charge is -2.05. The maximum Gasteiger partial charge on any atom is 0.295 e. The lowest BCUT2D eigenvalue weighted by molar-refractivity contribution is 0.0994. The summed E-state index contributed by atoms with van der Waals surface area (Å²) in [6.45, 7) is 4.32. The number of anilines is 1. The number of oxazole rings is 1. The number of carbonyl (C=O) groups is 1.